The standard InChI is InChI=1S/C14H13Br2NO/c1-9-2-3-12(13(16)4-9)14(18)6-10-5-11(15)8-17-7-10/h2-5,7-8,14,18H,6H2,1H3. The molecule has 0 fully saturated rings. The first kappa shape index (κ1) is 13.7. The molecular formula is C14H13Br2NO. The van der Waals surface area contributed by atoms with E-state index in [1.807, 2.05) is 31.2 Å². The van der Waals surface area contributed by atoms with Gasteiger partial charge in [-0.25, -0.2) is 0 Å². The summed E-state index contributed by atoms with van der Waals surface area (Å²) in [7, 11) is 0. The number of hydrogen-bond acceptors (Lipinski definition) is 2. The van der Waals surface area contributed by atoms with E-state index in [0.29, 0.717) is 6.42 Å². The third-order valence-corrected chi connectivity index (χ3v) is 3.83. The van der Waals surface area contributed by atoms with Crippen molar-refractivity contribution in [2.75, 3.05) is 0 Å². The molecule has 18 heavy (non-hydrogen) atoms. The Bertz CT molecular complexity index is 557. The lowest BCUT2D eigenvalue weighted by molar-refractivity contribution is 0.177. The highest BCUT2D eigenvalue weighted by Gasteiger charge is 2.12. The van der Waals surface area contributed by atoms with E-state index in [0.717, 1.165) is 20.1 Å². The summed E-state index contributed by atoms with van der Waals surface area (Å²) in [4.78, 5) is 4.10. The summed E-state index contributed by atoms with van der Waals surface area (Å²) < 4.78 is 1.87. The smallest absolute Gasteiger partial charge is 0.0841 e. The summed E-state index contributed by atoms with van der Waals surface area (Å²) in [6.45, 7) is 2.03. The van der Waals surface area contributed by atoms with Gasteiger partial charge < -0.3 is 5.11 Å². The SMILES string of the molecule is Cc1ccc(C(O)Cc2cncc(Br)c2)c(Br)c1. The molecule has 0 radical (unpaired) electrons. The number of aryl methyl sites for hydroxylation is 1. The zero-order chi connectivity index (χ0) is 13.1. The maximum atomic E-state index is 10.3. The first-order valence-electron chi connectivity index (χ1n) is 5.60. The van der Waals surface area contributed by atoms with Gasteiger partial charge in [0, 0.05) is 27.8 Å². The zero-order valence-electron chi connectivity index (χ0n) is 9.90. The number of hydrogen-bond donors (Lipinski definition) is 1. The van der Waals surface area contributed by atoms with Gasteiger partial charge in [-0.15, -0.1) is 0 Å². The van der Waals surface area contributed by atoms with Gasteiger partial charge in [0.1, 0.15) is 0 Å². The van der Waals surface area contributed by atoms with Crippen LogP contribution in [0.1, 0.15) is 22.8 Å². The molecule has 1 aromatic heterocycles. The summed E-state index contributed by atoms with van der Waals surface area (Å²) in [6, 6.07) is 7.94. The van der Waals surface area contributed by atoms with E-state index in [4.69, 9.17) is 0 Å². The molecule has 0 saturated carbocycles. The monoisotopic (exact) mass is 369 g/mol. The molecule has 2 rings (SSSR count). The molecule has 0 amide bonds. The van der Waals surface area contributed by atoms with Gasteiger partial charge in [0.15, 0.2) is 0 Å². The lowest BCUT2D eigenvalue weighted by Gasteiger charge is -2.13. The second-order valence-electron chi connectivity index (χ2n) is 4.26. The predicted molar refractivity (Wildman–Crippen MR) is 79.5 cm³/mol. The van der Waals surface area contributed by atoms with Gasteiger partial charge in [0.2, 0.25) is 0 Å². The summed E-state index contributed by atoms with van der Waals surface area (Å²) >= 11 is 6.87. The lowest BCUT2D eigenvalue weighted by Crippen LogP contribution is -2.03. The van der Waals surface area contributed by atoms with Gasteiger partial charge in [0.05, 0.1) is 6.10 Å². The summed E-state index contributed by atoms with van der Waals surface area (Å²) in [6.07, 6.45) is 3.53. The fourth-order valence-corrected chi connectivity index (χ4v) is 2.97. The van der Waals surface area contributed by atoms with Crippen LogP contribution in [0.4, 0.5) is 0 Å². The normalized spacial score (nSPS) is 12.4. The minimum Gasteiger partial charge on any atom is -0.388 e. The molecule has 1 heterocycles. The van der Waals surface area contributed by atoms with Gasteiger partial charge in [-0.2, -0.15) is 0 Å². The minimum atomic E-state index is -0.531. The molecule has 0 aliphatic rings. The highest BCUT2D eigenvalue weighted by molar-refractivity contribution is 9.10. The van der Waals surface area contributed by atoms with Crippen LogP contribution in [-0.2, 0) is 6.42 Å². The van der Waals surface area contributed by atoms with E-state index >= 15 is 0 Å². The van der Waals surface area contributed by atoms with Gasteiger partial charge >= 0.3 is 0 Å². The van der Waals surface area contributed by atoms with Crippen molar-refractivity contribution in [3.8, 4) is 0 Å². The highest BCUT2D eigenvalue weighted by Crippen LogP contribution is 2.27. The molecule has 0 spiro atoms. The highest BCUT2D eigenvalue weighted by atomic mass is 79.9. The Kier molecular flexibility index (Phi) is 4.54. The van der Waals surface area contributed by atoms with E-state index in [9.17, 15) is 5.11 Å². The van der Waals surface area contributed by atoms with Gasteiger partial charge in [-0.3, -0.25) is 4.98 Å². The molecule has 1 atom stereocenters. The van der Waals surface area contributed by atoms with E-state index in [1.54, 1.807) is 12.4 Å². The number of aliphatic hydroxyl groups is 1. The topological polar surface area (TPSA) is 33.1 Å². The minimum absolute atomic E-state index is 0.531. The number of aliphatic hydroxyl groups excluding tert-OH is 1. The third-order valence-electron chi connectivity index (χ3n) is 2.71. The summed E-state index contributed by atoms with van der Waals surface area (Å²) in [5, 5.41) is 10.3. The van der Waals surface area contributed by atoms with Crippen LogP contribution in [0.5, 0.6) is 0 Å². The Morgan fingerprint density at radius 2 is 2.00 bits per heavy atom. The summed E-state index contributed by atoms with van der Waals surface area (Å²) in [5.41, 5.74) is 3.08. The second kappa shape index (κ2) is 5.95. The molecule has 2 nitrogen and oxygen atoms in total. The molecule has 94 valence electrons. The van der Waals surface area contributed by atoms with E-state index < -0.39 is 6.10 Å². The molecule has 0 saturated heterocycles. The fraction of sp³-hybridized carbons (Fsp3) is 0.214. The van der Waals surface area contributed by atoms with Crippen LogP contribution in [0, 0.1) is 6.92 Å². The number of nitrogens with zero attached hydrogens (tertiary/aromatic N) is 1. The van der Waals surface area contributed by atoms with Crippen molar-refractivity contribution in [1.29, 1.82) is 0 Å². The number of aromatic nitrogens is 1. The first-order valence-corrected chi connectivity index (χ1v) is 7.18. The van der Waals surface area contributed by atoms with Crippen LogP contribution in [0.3, 0.4) is 0 Å². The quantitative estimate of drug-likeness (QED) is 0.878. The molecule has 1 unspecified atom stereocenters. The van der Waals surface area contributed by atoms with E-state index in [-0.39, 0.29) is 0 Å². The van der Waals surface area contributed by atoms with Crippen LogP contribution >= 0.6 is 31.9 Å². The second-order valence-corrected chi connectivity index (χ2v) is 6.03. The summed E-state index contributed by atoms with van der Waals surface area (Å²) in [5.74, 6) is 0. The number of pyridine rings is 1. The largest absolute Gasteiger partial charge is 0.388 e. The van der Waals surface area contributed by atoms with Crippen molar-refractivity contribution in [2.45, 2.75) is 19.4 Å². The van der Waals surface area contributed by atoms with E-state index in [1.165, 1.54) is 5.56 Å². The Morgan fingerprint density at radius 3 is 2.67 bits per heavy atom. The van der Waals surface area contributed by atoms with Gasteiger partial charge in [-0.1, -0.05) is 28.1 Å². The third kappa shape index (κ3) is 3.40. The molecule has 0 bridgehead atoms. The molecule has 1 aromatic carbocycles. The lowest BCUT2D eigenvalue weighted by atomic mass is 10.0. The number of halogens is 2. The Labute approximate surface area is 123 Å². The molecule has 0 aliphatic carbocycles. The molecule has 1 N–H and O–H groups in total. The average molecular weight is 371 g/mol. The van der Waals surface area contributed by atoms with Gasteiger partial charge in [-0.05, 0) is 51.7 Å². The molecular weight excluding hydrogens is 358 g/mol. The Morgan fingerprint density at radius 1 is 1.22 bits per heavy atom. The van der Waals surface area contributed by atoms with Crippen molar-refractivity contribution in [1.82, 2.24) is 4.98 Å². The fourth-order valence-electron chi connectivity index (χ4n) is 1.80. The van der Waals surface area contributed by atoms with Crippen molar-refractivity contribution in [3.63, 3.8) is 0 Å². The predicted octanol–water partition coefficient (Wildman–Crippen LogP) is 4.19. The first-order chi connectivity index (χ1) is 8.56. The van der Waals surface area contributed by atoms with Crippen molar-refractivity contribution >= 4 is 31.9 Å². The Hall–Kier alpha value is -0.710. The Balaban J connectivity index is 2.19. The molecule has 4 heteroatoms. The average Bonchev–Trinajstić information content (AvgIpc) is 2.28. The number of rotatable bonds is 3. The van der Waals surface area contributed by atoms with Crippen LogP contribution < -0.4 is 0 Å². The maximum Gasteiger partial charge on any atom is 0.0841 e. The molecule has 0 aliphatic heterocycles. The van der Waals surface area contributed by atoms with Gasteiger partial charge in [0.25, 0.3) is 0 Å². The van der Waals surface area contributed by atoms with Crippen molar-refractivity contribution < 1.29 is 5.11 Å². The zero-order valence-corrected chi connectivity index (χ0v) is 13.1. The van der Waals surface area contributed by atoms with Crippen LogP contribution in [0.15, 0.2) is 45.6 Å². The van der Waals surface area contributed by atoms with Crippen LogP contribution in [0.2, 0.25) is 0 Å². The number of benzene rings is 1. The van der Waals surface area contributed by atoms with Crippen molar-refractivity contribution in [2.24, 2.45) is 0 Å². The maximum absolute atomic E-state index is 10.3. The van der Waals surface area contributed by atoms with Crippen LogP contribution in [0.25, 0.3) is 0 Å². The van der Waals surface area contributed by atoms with Crippen molar-refractivity contribution in [3.05, 3.63) is 62.3 Å². The molecule has 2 aromatic rings. The van der Waals surface area contributed by atoms with E-state index in [2.05, 4.69) is 36.8 Å². The van der Waals surface area contributed by atoms with Crippen LogP contribution in [-0.4, -0.2) is 10.1 Å².